The molecule has 1 aliphatic rings. The molecule has 2 amide bonds. The molecule has 0 radical (unpaired) electrons. The van der Waals surface area contributed by atoms with E-state index in [1.165, 1.54) is 0 Å². The third-order valence-corrected chi connectivity index (χ3v) is 3.58. The van der Waals surface area contributed by atoms with Crippen LogP contribution in [0.15, 0.2) is 48.5 Å². The third-order valence-electron chi connectivity index (χ3n) is 3.58. The van der Waals surface area contributed by atoms with Crippen molar-refractivity contribution >= 4 is 23.2 Å². The van der Waals surface area contributed by atoms with Gasteiger partial charge in [-0.05, 0) is 29.8 Å². The molecule has 1 heterocycles. The number of nitrogens with one attached hydrogen (secondary N) is 2. The number of para-hydroxylation sites is 1. The highest BCUT2D eigenvalue weighted by Crippen LogP contribution is 2.32. The summed E-state index contributed by atoms with van der Waals surface area (Å²) >= 11 is 0. The number of hydrogen-bond acceptors (Lipinski definition) is 3. The molecule has 108 valence electrons. The molecule has 0 saturated carbocycles. The van der Waals surface area contributed by atoms with Crippen LogP contribution in [0.25, 0.3) is 0 Å². The first-order valence-electron chi connectivity index (χ1n) is 6.87. The molecule has 0 aliphatic carbocycles. The summed E-state index contributed by atoms with van der Waals surface area (Å²) < 4.78 is 0. The second-order valence-corrected chi connectivity index (χ2v) is 5.07. The fraction of sp³-hybridized carbons (Fsp3) is 0.118. The Kier molecular flexibility index (Phi) is 3.58. The smallest absolute Gasteiger partial charge is 0.232 e. The Balaban J connectivity index is 1.86. The minimum Gasteiger partial charge on any atom is -0.326 e. The van der Waals surface area contributed by atoms with Crippen LogP contribution in [0.2, 0.25) is 0 Å². The molecule has 5 heteroatoms. The highest BCUT2D eigenvalue weighted by Gasteiger charge is 2.30. The molecule has 1 atom stereocenters. The van der Waals surface area contributed by atoms with Gasteiger partial charge in [0.1, 0.15) is 0 Å². The lowest BCUT2D eigenvalue weighted by Gasteiger charge is -2.24. The van der Waals surface area contributed by atoms with Gasteiger partial charge in [0.05, 0.1) is 17.6 Å². The van der Waals surface area contributed by atoms with Gasteiger partial charge in [-0.1, -0.05) is 24.3 Å². The van der Waals surface area contributed by atoms with Crippen LogP contribution in [0.3, 0.4) is 0 Å². The Morgan fingerprint density at radius 2 is 2.05 bits per heavy atom. The topological polar surface area (TPSA) is 82.0 Å². The van der Waals surface area contributed by atoms with Crippen LogP contribution in [0.4, 0.5) is 11.4 Å². The van der Waals surface area contributed by atoms with Crippen LogP contribution >= 0.6 is 0 Å². The van der Waals surface area contributed by atoms with Crippen molar-refractivity contribution in [1.82, 2.24) is 0 Å². The molecule has 0 saturated heterocycles. The number of anilines is 2. The Morgan fingerprint density at radius 1 is 1.23 bits per heavy atom. The number of rotatable bonds is 2. The average molecular weight is 291 g/mol. The van der Waals surface area contributed by atoms with E-state index in [9.17, 15) is 9.59 Å². The summed E-state index contributed by atoms with van der Waals surface area (Å²) in [5, 5.41) is 14.4. The highest BCUT2D eigenvalue weighted by molar-refractivity contribution is 6.05. The van der Waals surface area contributed by atoms with Crippen LogP contribution in [-0.4, -0.2) is 11.8 Å². The lowest BCUT2D eigenvalue weighted by molar-refractivity contribution is -0.123. The van der Waals surface area contributed by atoms with Crippen LogP contribution in [0, 0.1) is 11.3 Å². The van der Waals surface area contributed by atoms with Gasteiger partial charge in [-0.3, -0.25) is 9.59 Å². The summed E-state index contributed by atoms with van der Waals surface area (Å²) in [5.41, 5.74) is 2.49. The minimum atomic E-state index is -0.532. The number of carbonyl (C=O) groups is 2. The zero-order valence-corrected chi connectivity index (χ0v) is 11.7. The molecule has 0 aromatic heterocycles. The maximum absolute atomic E-state index is 12.5. The number of fused-ring (bicyclic) bond motifs is 1. The fourth-order valence-electron chi connectivity index (χ4n) is 2.54. The molecular weight excluding hydrogens is 278 g/mol. The first-order chi connectivity index (χ1) is 10.7. The number of nitrogens with zero attached hydrogens (tertiary/aromatic N) is 1. The SMILES string of the molecule is N#Cc1cccc(NC(=O)[C@@H]2CC(=O)Nc3ccccc32)c1. The van der Waals surface area contributed by atoms with Crippen molar-refractivity contribution in [1.29, 1.82) is 5.26 Å². The standard InChI is InChI=1S/C17H13N3O2/c18-10-11-4-3-5-12(8-11)19-17(22)14-9-16(21)20-15-7-2-1-6-13(14)15/h1-8,14H,9H2,(H,19,22)(H,20,21)/t14-/m1/s1. The van der Waals surface area contributed by atoms with Gasteiger partial charge >= 0.3 is 0 Å². The van der Waals surface area contributed by atoms with Gasteiger partial charge in [0.2, 0.25) is 11.8 Å². The van der Waals surface area contributed by atoms with Crippen molar-refractivity contribution in [3.8, 4) is 6.07 Å². The van der Waals surface area contributed by atoms with Gasteiger partial charge in [-0.15, -0.1) is 0 Å². The Bertz CT molecular complexity index is 792. The Hall–Kier alpha value is -3.13. The molecule has 2 aromatic rings. The molecule has 5 nitrogen and oxygen atoms in total. The van der Waals surface area contributed by atoms with E-state index in [-0.39, 0.29) is 18.2 Å². The maximum atomic E-state index is 12.5. The normalized spacial score (nSPS) is 16.1. The maximum Gasteiger partial charge on any atom is 0.232 e. The summed E-state index contributed by atoms with van der Waals surface area (Å²) in [6, 6.07) is 16.0. The summed E-state index contributed by atoms with van der Waals surface area (Å²) in [7, 11) is 0. The molecule has 1 aliphatic heterocycles. The third kappa shape index (κ3) is 2.67. The zero-order chi connectivity index (χ0) is 15.5. The van der Waals surface area contributed by atoms with Gasteiger partial charge in [-0.25, -0.2) is 0 Å². The molecular formula is C17H13N3O2. The number of carbonyl (C=O) groups excluding carboxylic acids is 2. The number of benzene rings is 2. The first-order valence-corrected chi connectivity index (χ1v) is 6.87. The molecule has 0 spiro atoms. The number of nitriles is 1. The van der Waals surface area contributed by atoms with Crippen molar-refractivity contribution < 1.29 is 9.59 Å². The summed E-state index contributed by atoms with van der Waals surface area (Å²) in [5.74, 6) is -0.960. The van der Waals surface area contributed by atoms with Crippen molar-refractivity contribution in [3.63, 3.8) is 0 Å². The van der Waals surface area contributed by atoms with E-state index < -0.39 is 5.92 Å². The van der Waals surface area contributed by atoms with E-state index in [1.54, 1.807) is 30.3 Å². The fourth-order valence-corrected chi connectivity index (χ4v) is 2.54. The van der Waals surface area contributed by atoms with Crippen molar-refractivity contribution in [2.45, 2.75) is 12.3 Å². The van der Waals surface area contributed by atoms with Crippen LogP contribution in [0.5, 0.6) is 0 Å². The van der Waals surface area contributed by atoms with Crippen molar-refractivity contribution in [3.05, 3.63) is 59.7 Å². The molecule has 0 fully saturated rings. The van der Waals surface area contributed by atoms with Crippen molar-refractivity contribution in [2.24, 2.45) is 0 Å². The Morgan fingerprint density at radius 3 is 2.86 bits per heavy atom. The van der Waals surface area contributed by atoms with Crippen LogP contribution in [-0.2, 0) is 9.59 Å². The van der Waals surface area contributed by atoms with Gasteiger partial charge < -0.3 is 10.6 Å². The minimum absolute atomic E-state index is 0.112. The van der Waals surface area contributed by atoms with Crippen LogP contribution in [0.1, 0.15) is 23.5 Å². The summed E-state index contributed by atoms with van der Waals surface area (Å²) in [4.78, 5) is 24.3. The second kappa shape index (κ2) is 5.70. The highest BCUT2D eigenvalue weighted by atomic mass is 16.2. The number of hydrogen-bond donors (Lipinski definition) is 2. The van der Waals surface area contributed by atoms with E-state index in [2.05, 4.69) is 10.6 Å². The van der Waals surface area contributed by atoms with Crippen molar-refractivity contribution in [2.75, 3.05) is 10.6 Å². The quantitative estimate of drug-likeness (QED) is 0.892. The molecule has 0 unspecified atom stereocenters. The predicted molar refractivity (Wildman–Crippen MR) is 82.2 cm³/mol. The predicted octanol–water partition coefficient (Wildman–Crippen LogP) is 2.62. The first kappa shape index (κ1) is 13.8. The van der Waals surface area contributed by atoms with E-state index in [0.29, 0.717) is 16.9 Å². The van der Waals surface area contributed by atoms with Gasteiger partial charge in [-0.2, -0.15) is 5.26 Å². The lowest BCUT2D eigenvalue weighted by atomic mass is 9.90. The molecule has 2 aromatic carbocycles. The lowest BCUT2D eigenvalue weighted by Crippen LogP contribution is -2.30. The van der Waals surface area contributed by atoms with Crippen LogP contribution < -0.4 is 10.6 Å². The monoisotopic (exact) mass is 291 g/mol. The van der Waals surface area contributed by atoms with E-state index in [1.807, 2.05) is 24.3 Å². The largest absolute Gasteiger partial charge is 0.326 e. The van der Waals surface area contributed by atoms with Gasteiger partial charge in [0.15, 0.2) is 0 Å². The molecule has 2 N–H and O–H groups in total. The van der Waals surface area contributed by atoms with E-state index >= 15 is 0 Å². The second-order valence-electron chi connectivity index (χ2n) is 5.07. The molecule has 0 bridgehead atoms. The Labute approximate surface area is 127 Å². The summed E-state index contributed by atoms with van der Waals surface area (Å²) in [6.07, 6.45) is 0.112. The number of amides is 2. The summed E-state index contributed by atoms with van der Waals surface area (Å²) in [6.45, 7) is 0. The zero-order valence-electron chi connectivity index (χ0n) is 11.7. The van der Waals surface area contributed by atoms with Gasteiger partial charge in [0.25, 0.3) is 0 Å². The molecule has 3 rings (SSSR count). The van der Waals surface area contributed by atoms with E-state index in [0.717, 1.165) is 5.56 Å². The molecule has 22 heavy (non-hydrogen) atoms. The van der Waals surface area contributed by atoms with E-state index in [4.69, 9.17) is 5.26 Å². The average Bonchev–Trinajstić information content (AvgIpc) is 2.54. The van der Waals surface area contributed by atoms with Gasteiger partial charge in [0, 0.05) is 17.8 Å².